The number of carbonyl (C=O) groups is 1. The van der Waals surface area contributed by atoms with E-state index < -0.39 is 0 Å². The molecule has 1 unspecified atom stereocenters. The normalized spacial score (nSPS) is 20.1. The van der Waals surface area contributed by atoms with Crippen LogP contribution >= 0.6 is 0 Å². The molecule has 1 saturated heterocycles. The number of ketones is 1. The Hall–Kier alpha value is -1.20. The summed E-state index contributed by atoms with van der Waals surface area (Å²) in [6.07, 6.45) is 0. The van der Waals surface area contributed by atoms with Gasteiger partial charge in [-0.1, -0.05) is 20.8 Å². The predicted molar refractivity (Wildman–Crippen MR) is 92.9 cm³/mol. The summed E-state index contributed by atoms with van der Waals surface area (Å²) in [5.74, 6) is 3.61. The van der Waals surface area contributed by atoms with Crippen LogP contribution in [0.25, 0.3) is 0 Å². The molecule has 2 aliphatic rings. The lowest BCUT2D eigenvalue weighted by Crippen LogP contribution is -2.47. The molecule has 23 heavy (non-hydrogen) atoms. The summed E-state index contributed by atoms with van der Waals surface area (Å²) in [4.78, 5) is 13.2. The second kappa shape index (κ2) is 6.73. The number of fused-ring (bicyclic) bond motifs is 1. The molecule has 1 aromatic rings. The molecule has 1 fully saturated rings. The van der Waals surface area contributed by atoms with Crippen LogP contribution in [0.4, 0.5) is 0 Å². The van der Waals surface area contributed by atoms with Crippen LogP contribution < -0.4 is 9.47 Å². The van der Waals surface area contributed by atoms with Crippen LogP contribution in [0.2, 0.25) is 0 Å². The summed E-state index contributed by atoms with van der Waals surface area (Å²) in [5, 5.41) is 0.0222. The molecule has 3 rings (SSSR count). The molecule has 0 aromatic heterocycles. The lowest BCUT2D eigenvalue weighted by Gasteiger charge is -2.31. The van der Waals surface area contributed by atoms with E-state index in [0.29, 0.717) is 19.0 Å². The van der Waals surface area contributed by atoms with Gasteiger partial charge in [0.15, 0.2) is 16.7 Å². The standard InChI is InChI=1S/C18H25O4S/c1-18(2,3)17(23-10-8-20-9-11-23)16(19)13-4-5-14-15(12-13)22-7-6-21-14/h4-5,12,17H,6-11H2,1-3H3/q+1. The lowest BCUT2D eigenvalue weighted by atomic mass is 9.87. The second-order valence-electron chi connectivity index (χ2n) is 7.03. The highest BCUT2D eigenvalue weighted by Gasteiger charge is 2.46. The monoisotopic (exact) mass is 337 g/mol. The maximum Gasteiger partial charge on any atom is 0.215 e. The summed E-state index contributed by atoms with van der Waals surface area (Å²) < 4.78 is 16.7. The maximum absolute atomic E-state index is 13.2. The van der Waals surface area contributed by atoms with Gasteiger partial charge in [-0.2, -0.15) is 0 Å². The minimum atomic E-state index is -0.0647. The third-order valence-corrected chi connectivity index (χ3v) is 7.13. The van der Waals surface area contributed by atoms with Crippen LogP contribution in [0.5, 0.6) is 11.5 Å². The van der Waals surface area contributed by atoms with Crippen LogP contribution in [0, 0.1) is 5.41 Å². The topological polar surface area (TPSA) is 44.8 Å². The molecule has 0 bridgehead atoms. The first-order valence-electron chi connectivity index (χ1n) is 8.15. The second-order valence-corrected chi connectivity index (χ2v) is 9.39. The van der Waals surface area contributed by atoms with E-state index in [1.54, 1.807) is 0 Å². The highest BCUT2D eigenvalue weighted by atomic mass is 32.2. The Balaban J connectivity index is 1.88. The first kappa shape index (κ1) is 16.7. The Morgan fingerprint density at radius 2 is 1.70 bits per heavy atom. The van der Waals surface area contributed by atoms with E-state index in [9.17, 15) is 4.79 Å². The lowest BCUT2D eigenvalue weighted by molar-refractivity contribution is 0.0945. The Morgan fingerprint density at radius 3 is 2.35 bits per heavy atom. The molecule has 0 aliphatic carbocycles. The Kier molecular flexibility index (Phi) is 4.87. The number of hydrogen-bond donors (Lipinski definition) is 0. The molecule has 0 radical (unpaired) electrons. The predicted octanol–water partition coefficient (Wildman–Crippen LogP) is 2.70. The van der Waals surface area contributed by atoms with Crippen LogP contribution in [0.15, 0.2) is 18.2 Å². The molecule has 0 saturated carbocycles. The minimum Gasteiger partial charge on any atom is -0.486 e. The third kappa shape index (κ3) is 3.66. The molecule has 4 nitrogen and oxygen atoms in total. The quantitative estimate of drug-likeness (QED) is 0.628. The fourth-order valence-electron chi connectivity index (χ4n) is 3.16. The van der Waals surface area contributed by atoms with Crippen molar-refractivity contribution in [1.29, 1.82) is 0 Å². The maximum atomic E-state index is 13.2. The zero-order valence-corrected chi connectivity index (χ0v) is 14.9. The fraction of sp³-hybridized carbons (Fsp3) is 0.611. The van der Waals surface area contributed by atoms with Crippen molar-refractivity contribution in [3.63, 3.8) is 0 Å². The number of benzene rings is 1. The van der Waals surface area contributed by atoms with Crippen LogP contribution in [0.1, 0.15) is 31.1 Å². The molecule has 2 heterocycles. The summed E-state index contributed by atoms with van der Waals surface area (Å²) in [5.41, 5.74) is 0.665. The van der Waals surface area contributed by atoms with Gasteiger partial charge in [0, 0.05) is 21.9 Å². The highest BCUT2D eigenvalue weighted by molar-refractivity contribution is 7.98. The largest absolute Gasteiger partial charge is 0.486 e. The van der Waals surface area contributed by atoms with Crippen LogP contribution in [-0.4, -0.2) is 49.0 Å². The molecular formula is C18H25O4S+. The summed E-state index contributed by atoms with van der Waals surface area (Å²) in [6.45, 7) is 9.12. The zero-order chi connectivity index (χ0) is 16.4. The van der Waals surface area contributed by atoms with Crippen molar-refractivity contribution in [2.24, 2.45) is 5.41 Å². The molecule has 2 aliphatic heterocycles. The van der Waals surface area contributed by atoms with Crippen molar-refractivity contribution >= 4 is 16.7 Å². The van der Waals surface area contributed by atoms with Gasteiger partial charge in [0.2, 0.25) is 5.78 Å². The Morgan fingerprint density at radius 1 is 1.04 bits per heavy atom. The van der Waals surface area contributed by atoms with E-state index in [1.807, 2.05) is 18.2 Å². The Bertz CT molecular complexity index is 573. The van der Waals surface area contributed by atoms with Crippen molar-refractivity contribution in [1.82, 2.24) is 0 Å². The van der Waals surface area contributed by atoms with Crippen molar-refractivity contribution < 1.29 is 19.0 Å². The van der Waals surface area contributed by atoms with Gasteiger partial charge in [-0.05, 0) is 18.2 Å². The van der Waals surface area contributed by atoms with E-state index in [4.69, 9.17) is 14.2 Å². The molecule has 0 amide bonds. The van der Waals surface area contributed by atoms with Crippen molar-refractivity contribution in [3.05, 3.63) is 23.8 Å². The molecule has 0 spiro atoms. The summed E-state index contributed by atoms with van der Waals surface area (Å²) in [7, 11) is 0.0692. The minimum absolute atomic E-state index is 0.0222. The molecule has 0 N–H and O–H groups in total. The van der Waals surface area contributed by atoms with Gasteiger partial charge in [-0.15, -0.1) is 0 Å². The van der Waals surface area contributed by atoms with Gasteiger partial charge in [-0.25, -0.2) is 0 Å². The Labute approximate surface area is 140 Å². The summed E-state index contributed by atoms with van der Waals surface area (Å²) in [6, 6.07) is 5.58. The van der Waals surface area contributed by atoms with Gasteiger partial charge < -0.3 is 14.2 Å². The van der Waals surface area contributed by atoms with Gasteiger partial charge >= 0.3 is 0 Å². The van der Waals surface area contributed by atoms with E-state index in [1.165, 1.54) is 0 Å². The number of Topliss-reactive ketones (excluding diaryl/α,β-unsaturated/α-hetero) is 1. The van der Waals surface area contributed by atoms with E-state index in [2.05, 4.69) is 20.8 Å². The number of ether oxygens (including phenoxy) is 3. The molecule has 126 valence electrons. The van der Waals surface area contributed by atoms with Crippen LogP contribution in [-0.2, 0) is 15.6 Å². The number of rotatable bonds is 3. The average Bonchev–Trinajstić information content (AvgIpc) is 2.54. The number of carbonyl (C=O) groups excluding carboxylic acids is 1. The molecular weight excluding hydrogens is 312 g/mol. The van der Waals surface area contributed by atoms with Crippen molar-refractivity contribution in [2.45, 2.75) is 26.0 Å². The van der Waals surface area contributed by atoms with Gasteiger partial charge in [0.05, 0.1) is 13.2 Å². The number of hydrogen-bond acceptors (Lipinski definition) is 4. The van der Waals surface area contributed by atoms with Gasteiger partial charge in [-0.3, -0.25) is 4.79 Å². The zero-order valence-electron chi connectivity index (χ0n) is 14.1. The van der Waals surface area contributed by atoms with E-state index in [0.717, 1.165) is 36.0 Å². The highest BCUT2D eigenvalue weighted by Crippen LogP contribution is 2.35. The summed E-state index contributed by atoms with van der Waals surface area (Å²) >= 11 is 0. The van der Waals surface area contributed by atoms with E-state index >= 15 is 0 Å². The molecule has 1 aromatic carbocycles. The van der Waals surface area contributed by atoms with Gasteiger partial charge in [0.1, 0.15) is 24.7 Å². The molecule has 1 atom stereocenters. The third-order valence-electron chi connectivity index (χ3n) is 4.16. The first-order chi connectivity index (χ1) is 11.0. The smallest absolute Gasteiger partial charge is 0.215 e. The van der Waals surface area contributed by atoms with Crippen molar-refractivity contribution in [3.8, 4) is 11.5 Å². The van der Waals surface area contributed by atoms with Gasteiger partial charge in [0.25, 0.3) is 0 Å². The first-order valence-corrected chi connectivity index (χ1v) is 9.77. The average molecular weight is 337 g/mol. The SMILES string of the molecule is CC(C)(C)C(C(=O)c1ccc2c(c1)OCCO2)[S+]1CCOCC1. The molecule has 5 heteroatoms. The van der Waals surface area contributed by atoms with Crippen LogP contribution in [0.3, 0.4) is 0 Å². The van der Waals surface area contributed by atoms with Crippen molar-refractivity contribution in [2.75, 3.05) is 37.9 Å². The fourth-order valence-corrected chi connectivity index (χ4v) is 5.94. The van der Waals surface area contributed by atoms with E-state index in [-0.39, 0.29) is 27.3 Å².